The molecule has 1 aromatic rings. The minimum atomic E-state index is 0.776. The van der Waals surface area contributed by atoms with Gasteiger partial charge in [-0.15, -0.1) is 0 Å². The predicted molar refractivity (Wildman–Crippen MR) is 89.1 cm³/mol. The number of rotatable bonds is 11. The Morgan fingerprint density at radius 1 is 0.952 bits per heavy atom. The van der Waals surface area contributed by atoms with Crippen LogP contribution in [0, 0.1) is 6.92 Å². The van der Waals surface area contributed by atoms with Crippen molar-refractivity contribution in [2.45, 2.75) is 53.4 Å². The summed E-state index contributed by atoms with van der Waals surface area (Å²) in [4.78, 5) is 9.28. The molecule has 2 N–H and O–H groups in total. The van der Waals surface area contributed by atoms with E-state index in [1.54, 1.807) is 0 Å². The molecule has 1 heterocycles. The molecule has 0 spiro atoms. The fourth-order valence-electron chi connectivity index (χ4n) is 2.01. The van der Waals surface area contributed by atoms with Crippen molar-refractivity contribution >= 4 is 11.6 Å². The zero-order valence-corrected chi connectivity index (χ0v) is 14.0. The highest BCUT2D eigenvalue weighted by Gasteiger charge is 2.10. The molecule has 1 aromatic heterocycles. The third-order valence-electron chi connectivity index (χ3n) is 3.17. The van der Waals surface area contributed by atoms with Crippen LogP contribution >= 0.6 is 0 Å². The number of nitrogens with one attached hydrogen (secondary N) is 2. The molecule has 0 aliphatic carbocycles. The van der Waals surface area contributed by atoms with Crippen LogP contribution in [0.5, 0.6) is 0 Å². The van der Waals surface area contributed by atoms with Crippen LogP contribution in [0.4, 0.5) is 11.6 Å². The van der Waals surface area contributed by atoms with Gasteiger partial charge < -0.3 is 15.4 Å². The second kappa shape index (κ2) is 10.4. The van der Waals surface area contributed by atoms with E-state index in [4.69, 9.17) is 4.74 Å². The number of anilines is 2. The van der Waals surface area contributed by atoms with Crippen LogP contribution in [0.15, 0.2) is 0 Å². The number of nitrogens with zero attached hydrogens (tertiary/aromatic N) is 2. The lowest BCUT2D eigenvalue weighted by molar-refractivity contribution is 0.147. The van der Waals surface area contributed by atoms with E-state index in [0.29, 0.717) is 0 Å². The Morgan fingerprint density at radius 2 is 1.62 bits per heavy atom. The SMILES string of the molecule is CCCNc1nc(CCC)nc(NCCCOCC)c1C. The Bertz CT molecular complexity index is 410. The van der Waals surface area contributed by atoms with E-state index in [1.807, 2.05) is 6.92 Å². The van der Waals surface area contributed by atoms with Crippen molar-refractivity contribution in [1.82, 2.24) is 9.97 Å². The van der Waals surface area contributed by atoms with Gasteiger partial charge in [-0.05, 0) is 33.1 Å². The summed E-state index contributed by atoms with van der Waals surface area (Å²) in [5, 5.41) is 6.81. The van der Waals surface area contributed by atoms with Gasteiger partial charge in [-0.1, -0.05) is 13.8 Å². The lowest BCUT2D eigenvalue weighted by atomic mass is 10.2. The molecular formula is C16H30N4O. The van der Waals surface area contributed by atoms with E-state index in [9.17, 15) is 0 Å². The van der Waals surface area contributed by atoms with Gasteiger partial charge in [0, 0.05) is 38.3 Å². The Balaban J connectivity index is 2.72. The van der Waals surface area contributed by atoms with Crippen molar-refractivity contribution in [2.75, 3.05) is 36.9 Å². The topological polar surface area (TPSA) is 59.1 Å². The highest BCUT2D eigenvalue weighted by Crippen LogP contribution is 2.20. The van der Waals surface area contributed by atoms with E-state index in [-0.39, 0.29) is 0 Å². The molecule has 5 heteroatoms. The molecule has 5 nitrogen and oxygen atoms in total. The molecule has 0 saturated heterocycles. The van der Waals surface area contributed by atoms with Crippen LogP contribution in [-0.4, -0.2) is 36.3 Å². The molecule has 0 saturated carbocycles. The average Bonchev–Trinajstić information content (AvgIpc) is 2.48. The maximum Gasteiger partial charge on any atom is 0.134 e. The Hall–Kier alpha value is -1.36. The molecular weight excluding hydrogens is 264 g/mol. The largest absolute Gasteiger partial charge is 0.382 e. The Morgan fingerprint density at radius 3 is 2.19 bits per heavy atom. The lowest BCUT2D eigenvalue weighted by Crippen LogP contribution is -2.13. The summed E-state index contributed by atoms with van der Waals surface area (Å²) < 4.78 is 5.36. The third-order valence-corrected chi connectivity index (χ3v) is 3.17. The maximum atomic E-state index is 5.36. The van der Waals surface area contributed by atoms with Gasteiger partial charge in [-0.2, -0.15) is 0 Å². The smallest absolute Gasteiger partial charge is 0.134 e. The van der Waals surface area contributed by atoms with Gasteiger partial charge in [0.25, 0.3) is 0 Å². The molecule has 0 aliphatic heterocycles. The molecule has 0 fully saturated rings. The monoisotopic (exact) mass is 294 g/mol. The van der Waals surface area contributed by atoms with Gasteiger partial charge in [0.05, 0.1) is 0 Å². The zero-order chi connectivity index (χ0) is 15.5. The lowest BCUT2D eigenvalue weighted by Gasteiger charge is -2.15. The summed E-state index contributed by atoms with van der Waals surface area (Å²) in [7, 11) is 0. The second-order valence-corrected chi connectivity index (χ2v) is 5.12. The average molecular weight is 294 g/mol. The molecule has 0 aliphatic rings. The first kappa shape index (κ1) is 17.7. The van der Waals surface area contributed by atoms with Crippen molar-refractivity contribution in [3.05, 3.63) is 11.4 Å². The first-order chi connectivity index (χ1) is 10.2. The molecule has 1 rings (SSSR count). The maximum absolute atomic E-state index is 5.36. The molecule has 0 bridgehead atoms. The zero-order valence-electron chi connectivity index (χ0n) is 14.0. The Kier molecular flexibility index (Phi) is 8.74. The summed E-state index contributed by atoms with van der Waals surface area (Å²) in [5.74, 6) is 2.82. The molecule has 0 amide bonds. The van der Waals surface area contributed by atoms with E-state index in [2.05, 4.69) is 41.4 Å². The minimum absolute atomic E-state index is 0.776. The number of aryl methyl sites for hydroxylation is 1. The van der Waals surface area contributed by atoms with Crippen molar-refractivity contribution in [2.24, 2.45) is 0 Å². The summed E-state index contributed by atoms with van der Waals surface area (Å²) >= 11 is 0. The van der Waals surface area contributed by atoms with Gasteiger partial charge in [0.1, 0.15) is 17.5 Å². The van der Waals surface area contributed by atoms with Crippen molar-refractivity contribution in [1.29, 1.82) is 0 Å². The van der Waals surface area contributed by atoms with Gasteiger partial charge in [-0.3, -0.25) is 0 Å². The van der Waals surface area contributed by atoms with Crippen LogP contribution < -0.4 is 10.6 Å². The number of ether oxygens (including phenoxy) is 1. The van der Waals surface area contributed by atoms with Crippen LogP contribution in [0.1, 0.15) is 51.4 Å². The molecule has 0 atom stereocenters. The van der Waals surface area contributed by atoms with E-state index >= 15 is 0 Å². The highest BCUT2D eigenvalue weighted by molar-refractivity contribution is 5.57. The second-order valence-electron chi connectivity index (χ2n) is 5.12. The molecule has 0 unspecified atom stereocenters. The molecule has 120 valence electrons. The van der Waals surface area contributed by atoms with Crippen LogP contribution in [0.3, 0.4) is 0 Å². The Labute approximate surface area is 128 Å². The van der Waals surface area contributed by atoms with E-state index < -0.39 is 0 Å². The van der Waals surface area contributed by atoms with Crippen molar-refractivity contribution < 1.29 is 4.74 Å². The number of hydrogen-bond acceptors (Lipinski definition) is 5. The summed E-state index contributed by atoms with van der Waals surface area (Å²) in [6, 6.07) is 0. The van der Waals surface area contributed by atoms with Gasteiger partial charge in [-0.25, -0.2) is 9.97 Å². The molecule has 0 radical (unpaired) electrons. The fourth-order valence-corrected chi connectivity index (χ4v) is 2.01. The van der Waals surface area contributed by atoms with Crippen LogP contribution in [-0.2, 0) is 11.2 Å². The molecule has 0 aromatic carbocycles. The van der Waals surface area contributed by atoms with Crippen molar-refractivity contribution in [3.8, 4) is 0 Å². The van der Waals surface area contributed by atoms with Gasteiger partial charge in [0.2, 0.25) is 0 Å². The summed E-state index contributed by atoms with van der Waals surface area (Å²) in [5.41, 5.74) is 1.10. The fraction of sp³-hybridized carbons (Fsp3) is 0.750. The minimum Gasteiger partial charge on any atom is -0.382 e. The van der Waals surface area contributed by atoms with Gasteiger partial charge >= 0.3 is 0 Å². The summed E-state index contributed by atoms with van der Waals surface area (Å²) in [6.07, 6.45) is 4.04. The van der Waals surface area contributed by atoms with Crippen LogP contribution in [0.25, 0.3) is 0 Å². The predicted octanol–water partition coefficient (Wildman–Crippen LogP) is 3.40. The first-order valence-corrected chi connectivity index (χ1v) is 8.15. The standard InChI is InChI=1S/C16H30N4O/c1-5-9-14-19-15(17-10-6-2)13(4)16(20-14)18-11-8-12-21-7-3/h5-12H2,1-4H3,(H2,17,18,19,20). The molecule has 21 heavy (non-hydrogen) atoms. The number of hydrogen-bond donors (Lipinski definition) is 2. The van der Waals surface area contributed by atoms with Crippen molar-refractivity contribution in [3.63, 3.8) is 0 Å². The summed E-state index contributed by atoms with van der Waals surface area (Å²) in [6.45, 7) is 11.8. The quantitative estimate of drug-likeness (QED) is 0.613. The van der Waals surface area contributed by atoms with Gasteiger partial charge in [0.15, 0.2) is 0 Å². The highest BCUT2D eigenvalue weighted by atomic mass is 16.5. The van der Waals surface area contributed by atoms with Crippen LogP contribution in [0.2, 0.25) is 0 Å². The first-order valence-electron chi connectivity index (χ1n) is 8.15. The third kappa shape index (κ3) is 6.29. The normalized spacial score (nSPS) is 10.7. The number of aromatic nitrogens is 2. The van der Waals surface area contributed by atoms with E-state index in [0.717, 1.165) is 75.0 Å². The van der Waals surface area contributed by atoms with E-state index in [1.165, 1.54) is 0 Å².